The van der Waals surface area contributed by atoms with Crippen LogP contribution in [0.4, 0.5) is 8.78 Å². The van der Waals surface area contributed by atoms with E-state index in [1.54, 1.807) is 30.3 Å². The number of hydrogen-bond acceptors (Lipinski definition) is 4. The van der Waals surface area contributed by atoms with Crippen LogP contribution in [-0.4, -0.2) is 26.4 Å². The fourth-order valence-electron chi connectivity index (χ4n) is 2.14. The Hall–Kier alpha value is -3.42. The summed E-state index contributed by atoms with van der Waals surface area (Å²) in [6.45, 7) is 0.0532. The maximum atomic E-state index is 14.1. The van der Waals surface area contributed by atoms with E-state index in [9.17, 15) is 13.6 Å². The molecule has 25 heavy (non-hydrogen) atoms. The average molecular weight is 341 g/mol. The summed E-state index contributed by atoms with van der Waals surface area (Å²) < 4.78 is 28.7. The SMILES string of the molecule is O=C(N/N=C(/Cn1cncn1)c1ccc(F)cc1F)c1ccccc1. The molecule has 3 aromatic rings. The van der Waals surface area contributed by atoms with Crippen LogP contribution in [0, 0.1) is 11.6 Å². The number of amides is 1. The van der Waals surface area contributed by atoms with Crippen LogP contribution in [0.5, 0.6) is 0 Å². The van der Waals surface area contributed by atoms with E-state index >= 15 is 0 Å². The largest absolute Gasteiger partial charge is 0.271 e. The molecule has 0 fully saturated rings. The smallest absolute Gasteiger partial charge is 0.267 e. The molecule has 1 heterocycles. The van der Waals surface area contributed by atoms with Gasteiger partial charge in [0.25, 0.3) is 5.91 Å². The molecule has 0 aliphatic heterocycles. The maximum Gasteiger partial charge on any atom is 0.271 e. The summed E-state index contributed by atoms with van der Waals surface area (Å²) in [4.78, 5) is 15.9. The lowest BCUT2D eigenvalue weighted by Crippen LogP contribution is -2.23. The van der Waals surface area contributed by atoms with Crippen molar-refractivity contribution < 1.29 is 13.6 Å². The Balaban J connectivity index is 1.89. The molecule has 0 radical (unpaired) electrons. The predicted octanol–water partition coefficient (Wildman–Crippen LogP) is 2.39. The van der Waals surface area contributed by atoms with Crippen molar-refractivity contribution in [3.05, 3.63) is 83.9 Å². The number of carbonyl (C=O) groups excluding carboxylic acids is 1. The second kappa shape index (κ2) is 7.43. The number of carbonyl (C=O) groups is 1. The molecule has 126 valence electrons. The zero-order valence-electron chi connectivity index (χ0n) is 12.9. The number of nitrogens with one attached hydrogen (secondary N) is 1. The second-order valence-corrected chi connectivity index (χ2v) is 5.08. The Morgan fingerprint density at radius 2 is 1.96 bits per heavy atom. The van der Waals surface area contributed by atoms with Crippen molar-refractivity contribution in [2.75, 3.05) is 0 Å². The van der Waals surface area contributed by atoms with Crippen LogP contribution in [0.1, 0.15) is 15.9 Å². The van der Waals surface area contributed by atoms with Crippen LogP contribution in [0.15, 0.2) is 66.3 Å². The summed E-state index contributed by atoms with van der Waals surface area (Å²) in [6.07, 6.45) is 2.75. The predicted molar refractivity (Wildman–Crippen MR) is 86.8 cm³/mol. The Labute approximate surface area is 141 Å². The molecule has 0 aliphatic carbocycles. The monoisotopic (exact) mass is 341 g/mol. The highest BCUT2D eigenvalue weighted by Crippen LogP contribution is 2.12. The fourth-order valence-corrected chi connectivity index (χ4v) is 2.14. The van der Waals surface area contributed by atoms with Gasteiger partial charge in [-0.1, -0.05) is 18.2 Å². The third-order valence-electron chi connectivity index (χ3n) is 3.35. The van der Waals surface area contributed by atoms with Crippen LogP contribution in [-0.2, 0) is 6.54 Å². The number of hydrogen-bond donors (Lipinski definition) is 1. The van der Waals surface area contributed by atoms with Crippen LogP contribution >= 0.6 is 0 Å². The molecule has 0 aliphatic rings. The highest BCUT2D eigenvalue weighted by Gasteiger charge is 2.13. The molecule has 0 unspecified atom stereocenters. The van der Waals surface area contributed by atoms with Crippen molar-refractivity contribution in [2.24, 2.45) is 5.10 Å². The first kappa shape index (κ1) is 16.4. The highest BCUT2D eigenvalue weighted by molar-refractivity contribution is 6.02. The Morgan fingerprint density at radius 3 is 2.64 bits per heavy atom. The van der Waals surface area contributed by atoms with Crippen LogP contribution in [0.2, 0.25) is 0 Å². The Bertz CT molecular complexity index is 895. The number of nitrogens with zero attached hydrogens (tertiary/aromatic N) is 4. The van der Waals surface area contributed by atoms with Gasteiger partial charge < -0.3 is 0 Å². The molecule has 8 heteroatoms. The number of rotatable bonds is 5. The van der Waals surface area contributed by atoms with E-state index in [1.165, 1.54) is 23.4 Å². The maximum absolute atomic E-state index is 14.1. The van der Waals surface area contributed by atoms with E-state index in [2.05, 4.69) is 20.6 Å². The highest BCUT2D eigenvalue weighted by atomic mass is 19.1. The molecule has 0 bridgehead atoms. The average Bonchev–Trinajstić information content (AvgIpc) is 3.12. The quantitative estimate of drug-likeness (QED) is 0.572. The normalized spacial score (nSPS) is 11.4. The van der Waals surface area contributed by atoms with Crippen molar-refractivity contribution >= 4 is 11.6 Å². The van der Waals surface area contributed by atoms with E-state index in [4.69, 9.17) is 0 Å². The number of aromatic nitrogens is 3. The minimum Gasteiger partial charge on any atom is -0.267 e. The summed E-state index contributed by atoms with van der Waals surface area (Å²) in [6, 6.07) is 11.6. The van der Waals surface area contributed by atoms with Crippen molar-refractivity contribution in [2.45, 2.75) is 6.54 Å². The third-order valence-corrected chi connectivity index (χ3v) is 3.35. The van der Waals surface area contributed by atoms with Gasteiger partial charge >= 0.3 is 0 Å². The van der Waals surface area contributed by atoms with Crippen molar-refractivity contribution in [1.82, 2.24) is 20.2 Å². The molecule has 1 aromatic heterocycles. The van der Waals surface area contributed by atoms with Gasteiger partial charge in [0.2, 0.25) is 0 Å². The lowest BCUT2D eigenvalue weighted by molar-refractivity contribution is 0.0954. The molecule has 2 aromatic carbocycles. The van der Waals surface area contributed by atoms with Gasteiger partial charge in [0.05, 0.1) is 12.3 Å². The van der Waals surface area contributed by atoms with Gasteiger partial charge in [-0.3, -0.25) is 4.79 Å². The first-order valence-corrected chi connectivity index (χ1v) is 7.33. The molecule has 3 rings (SSSR count). The Morgan fingerprint density at radius 1 is 1.16 bits per heavy atom. The zero-order chi connectivity index (χ0) is 17.6. The molecular formula is C17H13F2N5O. The van der Waals surface area contributed by atoms with E-state index in [-0.39, 0.29) is 17.8 Å². The van der Waals surface area contributed by atoms with Crippen molar-refractivity contribution in [3.63, 3.8) is 0 Å². The number of halogens is 2. The first-order valence-electron chi connectivity index (χ1n) is 7.33. The van der Waals surface area contributed by atoms with Gasteiger partial charge in [0.15, 0.2) is 0 Å². The molecular weight excluding hydrogens is 328 g/mol. The van der Waals surface area contributed by atoms with Crippen LogP contribution in [0.3, 0.4) is 0 Å². The van der Waals surface area contributed by atoms with Crippen LogP contribution in [0.25, 0.3) is 0 Å². The number of benzene rings is 2. The molecule has 0 atom stereocenters. The lowest BCUT2D eigenvalue weighted by atomic mass is 10.1. The molecule has 0 saturated heterocycles. The van der Waals surface area contributed by atoms with Gasteiger partial charge in [0, 0.05) is 17.2 Å². The lowest BCUT2D eigenvalue weighted by Gasteiger charge is -2.09. The molecule has 0 saturated carbocycles. The topological polar surface area (TPSA) is 72.2 Å². The zero-order valence-corrected chi connectivity index (χ0v) is 12.9. The summed E-state index contributed by atoms with van der Waals surface area (Å²) >= 11 is 0. The van der Waals surface area contributed by atoms with Gasteiger partial charge in [-0.15, -0.1) is 0 Å². The van der Waals surface area contributed by atoms with Crippen molar-refractivity contribution in [3.8, 4) is 0 Å². The van der Waals surface area contributed by atoms with E-state index in [1.807, 2.05) is 0 Å². The van der Waals surface area contributed by atoms with Gasteiger partial charge in [-0.05, 0) is 24.3 Å². The summed E-state index contributed by atoms with van der Waals surface area (Å²) in [7, 11) is 0. The number of hydrazone groups is 1. The minimum absolute atomic E-state index is 0.0532. The third kappa shape index (κ3) is 4.11. The minimum atomic E-state index is -0.784. The van der Waals surface area contributed by atoms with Crippen LogP contribution < -0.4 is 5.43 Å². The molecule has 1 amide bonds. The summed E-state index contributed by atoms with van der Waals surface area (Å²) in [5.41, 5.74) is 3.02. The first-order chi connectivity index (χ1) is 12.1. The fraction of sp³-hybridized carbons (Fsp3) is 0.0588. The van der Waals surface area contributed by atoms with Gasteiger partial charge in [-0.25, -0.2) is 23.9 Å². The molecule has 6 nitrogen and oxygen atoms in total. The van der Waals surface area contributed by atoms with Gasteiger partial charge in [-0.2, -0.15) is 10.2 Å². The standard InChI is InChI=1S/C17H13F2N5O/c18-13-6-7-14(15(19)8-13)16(9-24-11-20-10-21-24)22-23-17(25)12-4-2-1-3-5-12/h1-8,10-11H,9H2,(H,23,25)/b22-16-. The molecule has 1 N–H and O–H groups in total. The summed E-state index contributed by atoms with van der Waals surface area (Å²) in [5.74, 6) is -1.93. The van der Waals surface area contributed by atoms with E-state index < -0.39 is 17.5 Å². The van der Waals surface area contributed by atoms with Crippen molar-refractivity contribution in [1.29, 1.82) is 0 Å². The van der Waals surface area contributed by atoms with Gasteiger partial charge in [0.1, 0.15) is 24.3 Å². The molecule has 0 spiro atoms. The second-order valence-electron chi connectivity index (χ2n) is 5.08. The van der Waals surface area contributed by atoms with E-state index in [0.29, 0.717) is 5.56 Å². The summed E-state index contributed by atoms with van der Waals surface area (Å²) in [5, 5.41) is 7.93. The Kier molecular flexibility index (Phi) is 4.89. The van der Waals surface area contributed by atoms with E-state index in [0.717, 1.165) is 12.1 Å².